The third-order valence-electron chi connectivity index (χ3n) is 1.50. The van der Waals surface area contributed by atoms with Gasteiger partial charge < -0.3 is 0 Å². The van der Waals surface area contributed by atoms with E-state index in [1.165, 1.54) is 5.82 Å². The molecule has 0 aromatic heterocycles. The highest BCUT2D eigenvalue weighted by Gasteiger charge is 2.29. The van der Waals surface area contributed by atoms with Gasteiger partial charge in [0.2, 0.25) is 0 Å². The first kappa shape index (κ1) is 13.4. The lowest BCUT2D eigenvalue weighted by atomic mass is 10.2. The van der Waals surface area contributed by atoms with E-state index in [2.05, 4.69) is 0 Å². The van der Waals surface area contributed by atoms with Crippen LogP contribution in [0.1, 0.15) is 5.56 Å². The van der Waals surface area contributed by atoms with Gasteiger partial charge in [-0.25, -0.2) is 0 Å². The Hall–Kier alpha value is 0.290. The van der Waals surface area contributed by atoms with Gasteiger partial charge in [-0.3, -0.25) is 0 Å². The van der Waals surface area contributed by atoms with E-state index in [1.807, 2.05) is 36.4 Å². The van der Waals surface area contributed by atoms with Crippen molar-refractivity contribution in [2.45, 2.75) is 0 Å². The fourth-order valence-corrected chi connectivity index (χ4v) is 3.19. The summed E-state index contributed by atoms with van der Waals surface area (Å²) in [6.45, 7) is 0. The molecule has 80 valence electrons. The number of rotatable bonds is 3. The van der Waals surface area contributed by atoms with Gasteiger partial charge in [-0.05, 0) is 11.6 Å². The van der Waals surface area contributed by atoms with E-state index in [0.29, 0.717) is 5.03 Å². The molecule has 0 bridgehead atoms. The molecule has 0 aliphatic rings. The minimum atomic E-state index is -2.52. The Balaban J connectivity index is 2.71. The minimum absolute atomic E-state index is 0.437. The molecular formula is C10H8Cl4P+. The summed E-state index contributed by atoms with van der Waals surface area (Å²) in [6, 6.07) is 9.76. The zero-order valence-corrected chi connectivity index (χ0v) is 11.5. The molecule has 0 saturated carbocycles. The quantitative estimate of drug-likeness (QED) is 0.456. The lowest BCUT2D eigenvalue weighted by Gasteiger charge is -1.92. The summed E-state index contributed by atoms with van der Waals surface area (Å²) in [6.07, 6.45) is 3.57. The van der Waals surface area contributed by atoms with Gasteiger partial charge in [-0.2, -0.15) is 0 Å². The molecule has 0 saturated heterocycles. The summed E-state index contributed by atoms with van der Waals surface area (Å²) in [5, 5.41) is -2.08. The van der Waals surface area contributed by atoms with E-state index >= 15 is 0 Å². The van der Waals surface area contributed by atoms with Gasteiger partial charge in [0.05, 0.1) is 5.03 Å². The van der Waals surface area contributed by atoms with Crippen LogP contribution < -0.4 is 0 Å². The second kappa shape index (κ2) is 6.13. The molecule has 0 amide bonds. The zero-order chi connectivity index (χ0) is 11.3. The van der Waals surface area contributed by atoms with Gasteiger partial charge in [0.25, 0.3) is 0 Å². The summed E-state index contributed by atoms with van der Waals surface area (Å²) in [4.78, 5) is 0. The number of allylic oxidation sites excluding steroid dienone is 2. The lowest BCUT2D eigenvalue weighted by molar-refractivity contribution is 1.66. The molecule has 15 heavy (non-hydrogen) atoms. The van der Waals surface area contributed by atoms with Crippen LogP contribution in [0.3, 0.4) is 0 Å². The first-order chi connectivity index (χ1) is 6.97. The van der Waals surface area contributed by atoms with E-state index < -0.39 is 5.32 Å². The maximum Gasteiger partial charge on any atom is 0.334 e. The van der Waals surface area contributed by atoms with Crippen LogP contribution >= 0.6 is 50.6 Å². The maximum absolute atomic E-state index is 5.86. The van der Waals surface area contributed by atoms with Crippen LogP contribution in [0.2, 0.25) is 0 Å². The van der Waals surface area contributed by atoms with Gasteiger partial charge in [0.1, 0.15) is 39.5 Å². The van der Waals surface area contributed by atoms with Crippen LogP contribution in [-0.2, 0) is 0 Å². The maximum atomic E-state index is 5.86. The Bertz CT molecular complexity index is 365. The molecule has 0 aliphatic heterocycles. The van der Waals surface area contributed by atoms with Crippen molar-refractivity contribution < 1.29 is 0 Å². The molecule has 1 aromatic carbocycles. The molecule has 0 spiro atoms. The normalized spacial score (nSPS) is 13.5. The molecule has 0 nitrogen and oxygen atoms in total. The van der Waals surface area contributed by atoms with Gasteiger partial charge in [0, 0.05) is 0 Å². The average molecular weight is 301 g/mol. The van der Waals surface area contributed by atoms with Gasteiger partial charge >= 0.3 is 5.32 Å². The van der Waals surface area contributed by atoms with Crippen LogP contribution in [0.25, 0.3) is 6.08 Å². The largest absolute Gasteiger partial charge is 0.334 e. The van der Waals surface area contributed by atoms with E-state index in [9.17, 15) is 0 Å². The van der Waals surface area contributed by atoms with E-state index in [4.69, 9.17) is 45.3 Å². The van der Waals surface area contributed by atoms with Crippen LogP contribution in [0.15, 0.2) is 47.3 Å². The number of benzene rings is 1. The van der Waals surface area contributed by atoms with Crippen LogP contribution in [-0.4, -0.2) is 0 Å². The molecular weight excluding hydrogens is 293 g/mol. The van der Waals surface area contributed by atoms with Crippen molar-refractivity contribution in [3.05, 3.63) is 52.8 Å². The average Bonchev–Trinajstić information content (AvgIpc) is 2.14. The molecule has 0 radical (unpaired) electrons. The number of hydrogen-bond donors (Lipinski definition) is 0. The number of halogens is 4. The fraction of sp³-hybridized carbons (Fsp3) is 0. The van der Waals surface area contributed by atoms with Crippen molar-refractivity contribution in [3.8, 4) is 0 Å². The first-order valence-electron chi connectivity index (χ1n) is 4.06. The molecule has 5 heteroatoms. The summed E-state index contributed by atoms with van der Waals surface area (Å²) >= 11 is 22.8. The molecule has 0 N–H and O–H groups in total. The standard InChI is InChI=1S/C10H8Cl4P/c11-10(8-15(12,13)14)7-6-9-4-2-1-3-5-9/h1-8H/q+1/b7-6+,10-8-. The Morgan fingerprint density at radius 1 is 1.07 bits per heavy atom. The van der Waals surface area contributed by atoms with Crippen molar-refractivity contribution >= 4 is 56.7 Å². The van der Waals surface area contributed by atoms with E-state index in [-0.39, 0.29) is 0 Å². The SMILES string of the molecule is ClC(=C\[P+](Cl)(Cl)Cl)/C=C/c1ccccc1. The Kier molecular flexibility index (Phi) is 5.46. The summed E-state index contributed by atoms with van der Waals surface area (Å²) < 4.78 is 0. The molecule has 0 heterocycles. The smallest absolute Gasteiger partial charge is 0.0805 e. The Morgan fingerprint density at radius 2 is 1.67 bits per heavy atom. The topological polar surface area (TPSA) is 0 Å². The van der Waals surface area contributed by atoms with Crippen LogP contribution in [0.4, 0.5) is 0 Å². The minimum Gasteiger partial charge on any atom is -0.0805 e. The molecule has 1 rings (SSSR count). The highest BCUT2D eigenvalue weighted by molar-refractivity contribution is 8.34. The Labute approximate surface area is 109 Å². The van der Waals surface area contributed by atoms with Crippen molar-refractivity contribution in [1.82, 2.24) is 0 Å². The first-order valence-corrected chi connectivity index (χ1v) is 9.02. The predicted octanol–water partition coefficient (Wildman–Crippen LogP) is 6.26. The summed E-state index contributed by atoms with van der Waals surface area (Å²) in [7, 11) is 0. The highest BCUT2D eigenvalue weighted by atomic mass is 36.1. The molecule has 0 aliphatic carbocycles. The van der Waals surface area contributed by atoms with Crippen molar-refractivity contribution in [1.29, 1.82) is 0 Å². The van der Waals surface area contributed by atoms with E-state index in [0.717, 1.165) is 5.56 Å². The lowest BCUT2D eigenvalue weighted by Crippen LogP contribution is -1.69. The monoisotopic (exact) mass is 299 g/mol. The fourth-order valence-electron chi connectivity index (χ4n) is 0.923. The van der Waals surface area contributed by atoms with Gasteiger partial charge in [0.15, 0.2) is 0 Å². The van der Waals surface area contributed by atoms with Gasteiger partial charge in [-0.1, -0.05) is 48.0 Å². The zero-order valence-electron chi connectivity index (χ0n) is 7.58. The van der Waals surface area contributed by atoms with Crippen LogP contribution in [0, 0.1) is 0 Å². The molecule has 0 fully saturated rings. The van der Waals surface area contributed by atoms with Crippen LogP contribution in [0.5, 0.6) is 0 Å². The molecule has 1 aromatic rings. The van der Waals surface area contributed by atoms with Crippen molar-refractivity contribution in [2.75, 3.05) is 0 Å². The molecule has 0 unspecified atom stereocenters. The van der Waals surface area contributed by atoms with Crippen molar-refractivity contribution in [3.63, 3.8) is 0 Å². The summed E-state index contributed by atoms with van der Waals surface area (Å²) in [5.41, 5.74) is 1.05. The Morgan fingerprint density at radius 3 is 2.20 bits per heavy atom. The van der Waals surface area contributed by atoms with E-state index in [1.54, 1.807) is 6.08 Å². The third-order valence-corrected chi connectivity index (χ3v) is 3.34. The second-order valence-corrected chi connectivity index (χ2v) is 10.8. The second-order valence-electron chi connectivity index (χ2n) is 2.74. The third kappa shape index (κ3) is 6.45. The predicted molar refractivity (Wildman–Crippen MR) is 73.9 cm³/mol. The highest BCUT2D eigenvalue weighted by Crippen LogP contribution is 2.75. The number of hydrogen-bond acceptors (Lipinski definition) is 0. The summed E-state index contributed by atoms with van der Waals surface area (Å²) in [5.74, 6) is 1.46. The van der Waals surface area contributed by atoms with Gasteiger partial charge in [-0.15, -0.1) is 0 Å². The molecule has 0 atom stereocenters. The van der Waals surface area contributed by atoms with Crippen molar-refractivity contribution in [2.24, 2.45) is 0 Å².